The maximum atomic E-state index is 5.65. The Hall–Kier alpha value is 0.380. The van der Waals surface area contributed by atoms with Gasteiger partial charge in [-0.3, -0.25) is 0 Å². The van der Waals surface area contributed by atoms with Crippen molar-refractivity contribution in [3.63, 3.8) is 0 Å². The fraction of sp³-hybridized carbons (Fsp3) is 0.250. The maximum Gasteiger partial charge on any atom is 0.0477 e. The summed E-state index contributed by atoms with van der Waals surface area (Å²) < 4.78 is 0. The molecule has 0 radical (unpaired) electrons. The molecule has 0 aromatic heterocycles. The largest absolute Gasteiger partial charge is 0.147 e. The predicted octanol–water partition coefficient (Wildman–Crippen LogP) is 4.01. The molecule has 0 N–H and O–H groups in total. The van der Waals surface area contributed by atoms with Crippen molar-refractivity contribution < 1.29 is 0 Å². The van der Waals surface area contributed by atoms with Gasteiger partial charge in [-0.2, -0.15) is 0 Å². The van der Waals surface area contributed by atoms with Gasteiger partial charge >= 0.3 is 0 Å². The Balaban J connectivity index is 0. The number of benzene rings is 1. The van der Waals surface area contributed by atoms with Crippen molar-refractivity contribution in [2.24, 2.45) is 0 Å². The van der Waals surface area contributed by atoms with Crippen molar-refractivity contribution in [3.8, 4) is 0 Å². The van der Waals surface area contributed by atoms with Crippen LogP contribution < -0.4 is 0 Å². The Kier molecular flexibility index (Phi) is 9.92. The summed E-state index contributed by atoms with van der Waals surface area (Å²) in [6.45, 7) is 0. The van der Waals surface area contributed by atoms with Gasteiger partial charge in [-0.05, 0) is 11.1 Å². The third-order valence-electron chi connectivity index (χ3n) is 1.41. The molecule has 0 spiro atoms. The van der Waals surface area contributed by atoms with Crippen molar-refractivity contribution in [2.45, 2.75) is 11.8 Å². The molecular weight excluding hydrogens is 238 g/mol. The molecule has 1 aromatic rings. The molecule has 0 amide bonds. The molecule has 12 heavy (non-hydrogen) atoms. The first-order valence-corrected chi connectivity index (χ1v) is 4.14. The predicted molar refractivity (Wildman–Crippen MR) is 60.1 cm³/mol. The van der Waals surface area contributed by atoms with Crippen molar-refractivity contribution in [1.29, 1.82) is 0 Å². The highest BCUT2D eigenvalue weighted by atomic mass is 35.5. The minimum atomic E-state index is 0. The van der Waals surface area contributed by atoms with Gasteiger partial charge in [-0.15, -0.1) is 48.0 Å². The molecule has 0 saturated heterocycles. The zero-order valence-corrected chi connectivity index (χ0v) is 9.44. The Morgan fingerprint density at radius 3 is 1.42 bits per heavy atom. The van der Waals surface area contributed by atoms with Crippen LogP contribution in [0.15, 0.2) is 24.3 Å². The molecular formula is C8H10Cl4. The SMILES string of the molecule is Cl.Cl.ClCc1ccccc1CCl. The second-order valence-corrected chi connectivity index (χ2v) is 2.57. The summed E-state index contributed by atoms with van der Waals surface area (Å²) in [6, 6.07) is 7.91. The molecule has 0 saturated carbocycles. The lowest BCUT2D eigenvalue weighted by Gasteiger charge is -2.00. The first kappa shape index (κ1) is 14.9. The topological polar surface area (TPSA) is 0 Å². The lowest BCUT2D eigenvalue weighted by molar-refractivity contribution is 1.27. The molecule has 0 fully saturated rings. The first-order valence-electron chi connectivity index (χ1n) is 3.07. The van der Waals surface area contributed by atoms with Gasteiger partial charge in [0, 0.05) is 11.8 Å². The van der Waals surface area contributed by atoms with Gasteiger partial charge in [0.1, 0.15) is 0 Å². The number of alkyl halides is 2. The molecule has 0 aliphatic carbocycles. The summed E-state index contributed by atoms with van der Waals surface area (Å²) in [5.74, 6) is 1.09. The Morgan fingerprint density at radius 2 is 1.17 bits per heavy atom. The number of hydrogen-bond acceptors (Lipinski definition) is 0. The molecule has 0 unspecified atom stereocenters. The van der Waals surface area contributed by atoms with E-state index in [4.69, 9.17) is 23.2 Å². The Morgan fingerprint density at radius 1 is 0.833 bits per heavy atom. The van der Waals surface area contributed by atoms with Crippen LogP contribution in [0.3, 0.4) is 0 Å². The van der Waals surface area contributed by atoms with Crippen molar-refractivity contribution >= 4 is 48.0 Å². The molecule has 1 aromatic carbocycles. The van der Waals surface area contributed by atoms with Crippen molar-refractivity contribution in [2.75, 3.05) is 0 Å². The average molecular weight is 248 g/mol. The average Bonchev–Trinajstić information content (AvgIpc) is 2.04. The summed E-state index contributed by atoms with van der Waals surface area (Å²) in [5.41, 5.74) is 2.25. The Bertz CT molecular complexity index is 189. The van der Waals surface area contributed by atoms with E-state index >= 15 is 0 Å². The van der Waals surface area contributed by atoms with Gasteiger partial charge in [0.15, 0.2) is 0 Å². The minimum absolute atomic E-state index is 0. The normalized spacial score (nSPS) is 8.17. The van der Waals surface area contributed by atoms with Gasteiger partial charge in [0.05, 0.1) is 0 Å². The van der Waals surface area contributed by atoms with Gasteiger partial charge < -0.3 is 0 Å². The second kappa shape index (κ2) is 8.00. The molecule has 0 heterocycles. The summed E-state index contributed by atoms with van der Waals surface area (Å²) in [6.07, 6.45) is 0. The van der Waals surface area contributed by atoms with Gasteiger partial charge in [0.2, 0.25) is 0 Å². The number of halogens is 4. The van der Waals surface area contributed by atoms with Crippen LogP contribution in [-0.4, -0.2) is 0 Å². The molecule has 0 atom stereocenters. The summed E-state index contributed by atoms with van der Waals surface area (Å²) in [7, 11) is 0. The zero-order valence-electron chi connectivity index (χ0n) is 6.30. The van der Waals surface area contributed by atoms with E-state index in [1.807, 2.05) is 24.3 Å². The third kappa shape index (κ3) is 3.86. The standard InChI is InChI=1S/C8H8Cl2.2ClH/c9-5-7-3-1-2-4-8(7)6-10;;/h1-4H,5-6H2;2*1H. The second-order valence-electron chi connectivity index (χ2n) is 2.04. The molecule has 0 aliphatic heterocycles. The lowest BCUT2D eigenvalue weighted by Crippen LogP contribution is -1.85. The van der Waals surface area contributed by atoms with Crippen LogP contribution >= 0.6 is 48.0 Å². The van der Waals surface area contributed by atoms with Crippen LogP contribution in [0.4, 0.5) is 0 Å². The molecule has 1 rings (SSSR count). The van der Waals surface area contributed by atoms with E-state index in [0.717, 1.165) is 11.1 Å². The van der Waals surface area contributed by atoms with Crippen LogP contribution in [0.5, 0.6) is 0 Å². The molecule has 0 aliphatic rings. The van der Waals surface area contributed by atoms with Crippen molar-refractivity contribution in [3.05, 3.63) is 35.4 Å². The van der Waals surface area contributed by atoms with E-state index in [9.17, 15) is 0 Å². The highest BCUT2D eigenvalue weighted by Gasteiger charge is 1.96. The fourth-order valence-corrected chi connectivity index (χ4v) is 1.34. The molecule has 70 valence electrons. The first-order chi connectivity index (χ1) is 4.88. The van der Waals surface area contributed by atoms with E-state index in [2.05, 4.69) is 0 Å². The minimum Gasteiger partial charge on any atom is -0.147 e. The maximum absolute atomic E-state index is 5.65. The van der Waals surface area contributed by atoms with Crippen LogP contribution in [-0.2, 0) is 11.8 Å². The smallest absolute Gasteiger partial charge is 0.0477 e. The van der Waals surface area contributed by atoms with E-state index in [1.54, 1.807) is 0 Å². The number of rotatable bonds is 2. The van der Waals surface area contributed by atoms with E-state index in [-0.39, 0.29) is 24.8 Å². The van der Waals surface area contributed by atoms with E-state index in [1.165, 1.54) is 0 Å². The highest BCUT2D eigenvalue weighted by molar-refractivity contribution is 6.18. The molecule has 0 bridgehead atoms. The van der Waals surface area contributed by atoms with Crippen LogP contribution in [0.1, 0.15) is 11.1 Å². The number of hydrogen-bond donors (Lipinski definition) is 0. The molecule has 0 nitrogen and oxygen atoms in total. The van der Waals surface area contributed by atoms with E-state index in [0.29, 0.717) is 11.8 Å². The van der Waals surface area contributed by atoms with Gasteiger partial charge in [0.25, 0.3) is 0 Å². The third-order valence-corrected chi connectivity index (χ3v) is 1.98. The quantitative estimate of drug-likeness (QED) is 0.693. The monoisotopic (exact) mass is 246 g/mol. The van der Waals surface area contributed by atoms with Gasteiger partial charge in [-0.1, -0.05) is 24.3 Å². The van der Waals surface area contributed by atoms with Gasteiger partial charge in [-0.25, -0.2) is 0 Å². The fourth-order valence-electron chi connectivity index (χ4n) is 0.818. The summed E-state index contributed by atoms with van der Waals surface area (Å²) in [5, 5.41) is 0. The van der Waals surface area contributed by atoms with Crippen LogP contribution in [0.2, 0.25) is 0 Å². The van der Waals surface area contributed by atoms with Crippen molar-refractivity contribution in [1.82, 2.24) is 0 Å². The summed E-state index contributed by atoms with van der Waals surface area (Å²) in [4.78, 5) is 0. The van der Waals surface area contributed by atoms with Crippen LogP contribution in [0.25, 0.3) is 0 Å². The Labute approximate surface area is 95.1 Å². The summed E-state index contributed by atoms with van der Waals surface area (Å²) >= 11 is 11.3. The van der Waals surface area contributed by atoms with Crippen LogP contribution in [0, 0.1) is 0 Å². The zero-order chi connectivity index (χ0) is 7.40. The highest BCUT2D eigenvalue weighted by Crippen LogP contribution is 2.12. The molecule has 4 heteroatoms. The lowest BCUT2D eigenvalue weighted by atomic mass is 10.1. The van der Waals surface area contributed by atoms with E-state index < -0.39 is 0 Å².